The van der Waals surface area contributed by atoms with Gasteiger partial charge in [-0.2, -0.15) is 5.26 Å². The molecule has 0 radical (unpaired) electrons. The van der Waals surface area contributed by atoms with Gasteiger partial charge in [-0.05, 0) is 116 Å². The average molecular weight is 1860 g/mol. The minimum absolute atomic E-state index is 0.486. The Labute approximate surface area is 819 Å². The van der Waals surface area contributed by atoms with Crippen LogP contribution in [0.5, 0.6) is 23.0 Å². The Morgan fingerprint density at radius 3 is 0.800 bits per heavy atom. The standard InChI is InChI=1S/C46H30N4OSi.C39H27N3OSi.C39H27N3SSi/c47-31-32-28-35(30-36(29-32)46-49-44(33-16-5-1-6-17-33)48-45(50-46)34-18-7-2-8-19-34)39-24-15-27-42-43(39)51-40-25-13-14-26-41(40)52(42,37-20-9-3-10-21-37)38-22-11-4-12-23-38;1-4-14-28(15-5-1)37-40-38(29-16-6-2-7-17-29)42-39(41-37)30-24-26-32(27-25-30)44(31-18-8-3-9-19-31)35-22-12-10-20-33(35)43-34-21-11-13-23-36(34)44;1-4-15-28(16-5-1)37-40-38(29-17-6-2-7-18-29)42-39(41-37)30-19-14-22-32(27-30)44(31-20-8-3-9-21-31)35-25-12-10-23-33(35)43-34-24-11-13-26-36(34)44/h1-30H;2*1-27H. The zero-order chi connectivity index (χ0) is 93.6. The summed E-state index contributed by atoms with van der Waals surface area (Å²) < 4.78 is 13.4. The highest BCUT2D eigenvalue weighted by molar-refractivity contribution is 8.00. The van der Waals surface area contributed by atoms with Crippen molar-refractivity contribution in [1.82, 2.24) is 44.9 Å². The smallest absolute Gasteiger partial charge is 0.188 e. The summed E-state index contributed by atoms with van der Waals surface area (Å²) in [6, 6.07) is 180. The number of nitriles is 1. The molecule has 0 saturated heterocycles. The third-order valence-corrected chi connectivity index (χ3v) is 42.3. The van der Waals surface area contributed by atoms with E-state index in [0.717, 1.165) is 83.8 Å². The summed E-state index contributed by atoms with van der Waals surface area (Å²) in [6.45, 7) is 0. The van der Waals surface area contributed by atoms with Crippen molar-refractivity contribution < 1.29 is 9.47 Å². The lowest BCUT2D eigenvalue weighted by molar-refractivity contribution is 0.487. The fourth-order valence-electron chi connectivity index (χ4n) is 19.9. The maximum absolute atomic E-state index is 10.4. The lowest BCUT2D eigenvalue weighted by atomic mass is 9.98. The molecule has 0 saturated carbocycles. The van der Waals surface area contributed by atoms with Crippen molar-refractivity contribution in [3.63, 3.8) is 0 Å². The molecule has 12 nitrogen and oxygen atoms in total. The summed E-state index contributed by atoms with van der Waals surface area (Å²) in [5.41, 5.74) is 10.5. The van der Waals surface area contributed by atoms with Crippen LogP contribution in [-0.4, -0.2) is 69.1 Å². The maximum Gasteiger partial charge on any atom is 0.188 e. The Morgan fingerprint density at radius 2 is 0.436 bits per heavy atom. The van der Waals surface area contributed by atoms with E-state index in [1.165, 1.54) is 66.8 Å². The molecule has 0 fully saturated rings. The number of hydrogen-bond donors (Lipinski definition) is 0. The first kappa shape index (κ1) is 86.4. The van der Waals surface area contributed by atoms with Gasteiger partial charge in [-0.15, -0.1) is 0 Å². The SMILES string of the molecule is N#Cc1cc(-c2nc(-c3ccccc3)nc(-c3ccccc3)n2)cc(-c2cccc3c2Oc2ccccc2[Si]3(c2ccccc2)c2ccccc2)c1.c1ccc(-c2nc(-c3ccccc3)nc(-c3ccc([Si]4(c5ccccc5)c5ccccc5Oc5ccccc54)cc3)n2)cc1.c1ccc(-c2nc(-c3ccccc3)nc(-c3cccc([Si]4(c5ccccc5)c5ccccc5Sc5ccccc54)c3)n2)cc1. The Hall–Kier alpha value is -17.7. The van der Waals surface area contributed by atoms with Gasteiger partial charge in [-0.25, -0.2) is 44.9 Å². The molecule has 660 valence electrons. The molecule has 0 unspecified atom stereocenters. The molecular formula is C124H84N10O2SSi3. The van der Waals surface area contributed by atoms with Crippen molar-refractivity contribution >= 4 is 98.2 Å². The van der Waals surface area contributed by atoms with Crippen molar-refractivity contribution in [2.75, 3.05) is 0 Å². The Kier molecular flexibility index (Phi) is 23.6. The molecule has 25 rings (SSSR count). The lowest BCUT2D eigenvalue weighted by Gasteiger charge is -2.40. The number of hydrogen-bond acceptors (Lipinski definition) is 13. The van der Waals surface area contributed by atoms with Crippen LogP contribution in [0.15, 0.2) is 519 Å². The molecule has 0 aliphatic carbocycles. The Morgan fingerprint density at radius 1 is 0.186 bits per heavy atom. The molecule has 0 N–H and O–H groups in total. The van der Waals surface area contributed by atoms with E-state index in [1.54, 1.807) is 0 Å². The summed E-state index contributed by atoms with van der Waals surface area (Å²) >= 11 is 1.88. The average Bonchev–Trinajstić information content (AvgIpc) is 0.720. The largest absolute Gasteiger partial charge is 0.458 e. The highest BCUT2D eigenvalue weighted by Crippen LogP contribution is 2.42. The van der Waals surface area contributed by atoms with E-state index < -0.39 is 24.2 Å². The summed E-state index contributed by atoms with van der Waals surface area (Å²) in [6.07, 6.45) is 0. The zero-order valence-corrected chi connectivity index (χ0v) is 79.5. The monoisotopic (exact) mass is 1860 g/mol. The minimum atomic E-state index is -2.85. The number of aromatic nitrogens is 9. The number of rotatable bonds is 16. The predicted molar refractivity (Wildman–Crippen MR) is 574 cm³/mol. The van der Waals surface area contributed by atoms with E-state index in [4.69, 9.17) is 54.3 Å². The van der Waals surface area contributed by atoms with Gasteiger partial charge >= 0.3 is 0 Å². The van der Waals surface area contributed by atoms with Crippen molar-refractivity contribution in [2.45, 2.75) is 9.79 Å². The summed E-state index contributed by atoms with van der Waals surface area (Å²) in [5.74, 6) is 9.05. The molecule has 3 aliphatic heterocycles. The van der Waals surface area contributed by atoms with Gasteiger partial charge in [0.25, 0.3) is 0 Å². The van der Waals surface area contributed by atoms with Crippen molar-refractivity contribution in [3.8, 4) is 143 Å². The van der Waals surface area contributed by atoms with E-state index in [1.807, 2.05) is 188 Å². The first-order valence-electron chi connectivity index (χ1n) is 46.6. The van der Waals surface area contributed by atoms with Crippen LogP contribution < -0.4 is 71.7 Å². The van der Waals surface area contributed by atoms with E-state index >= 15 is 0 Å². The highest BCUT2D eigenvalue weighted by Gasteiger charge is 2.51. The molecule has 16 heteroatoms. The van der Waals surface area contributed by atoms with Crippen LogP contribution in [0.3, 0.4) is 0 Å². The number of nitrogens with zero attached hydrogens (tertiary/aromatic N) is 10. The van der Waals surface area contributed by atoms with Crippen molar-refractivity contribution in [2.24, 2.45) is 0 Å². The van der Waals surface area contributed by atoms with Gasteiger partial charge in [-0.3, -0.25) is 0 Å². The lowest BCUT2D eigenvalue weighted by Crippen LogP contribution is -2.76. The van der Waals surface area contributed by atoms with E-state index in [2.05, 4.69) is 340 Å². The van der Waals surface area contributed by atoms with Gasteiger partial charge in [0.2, 0.25) is 0 Å². The summed E-state index contributed by atoms with van der Waals surface area (Å²) in [5, 5.41) is 25.9. The Balaban J connectivity index is 0.000000118. The summed E-state index contributed by atoms with van der Waals surface area (Å²) in [4.78, 5) is 47.3. The fraction of sp³-hybridized carbons (Fsp3) is 0. The molecule has 0 atom stereocenters. The molecular weight excluding hydrogens is 1780 g/mol. The van der Waals surface area contributed by atoms with Crippen LogP contribution in [0, 0.1) is 11.3 Å². The number of ether oxygens (including phenoxy) is 2. The molecule has 0 spiro atoms. The van der Waals surface area contributed by atoms with Crippen molar-refractivity contribution in [3.05, 3.63) is 515 Å². The topological polar surface area (TPSA) is 158 Å². The van der Waals surface area contributed by atoms with Crippen LogP contribution in [0.25, 0.3) is 114 Å². The van der Waals surface area contributed by atoms with Crippen LogP contribution in [0.4, 0.5) is 0 Å². The maximum atomic E-state index is 10.4. The molecule has 3 aliphatic rings. The Bertz CT molecular complexity index is 8040. The second kappa shape index (κ2) is 38.2. The fourth-order valence-corrected chi connectivity index (χ4v) is 36.8. The molecule has 3 aromatic heterocycles. The quantitative estimate of drug-likeness (QED) is 0.0842. The zero-order valence-electron chi connectivity index (χ0n) is 75.7. The van der Waals surface area contributed by atoms with E-state index in [9.17, 15) is 5.26 Å². The highest BCUT2D eigenvalue weighted by atomic mass is 32.2. The second-order valence-electron chi connectivity index (χ2n) is 34.4. The van der Waals surface area contributed by atoms with Gasteiger partial charge in [0.15, 0.2) is 76.6 Å². The third kappa shape index (κ3) is 16.2. The molecule has 19 aromatic carbocycles. The minimum Gasteiger partial charge on any atom is -0.458 e. The molecule has 22 aromatic rings. The molecule has 0 amide bonds. The van der Waals surface area contributed by atoms with Gasteiger partial charge in [0, 0.05) is 65.4 Å². The first-order chi connectivity index (χ1) is 69.3. The molecule has 6 heterocycles. The predicted octanol–water partition coefficient (Wildman–Crippen LogP) is 21.0. The van der Waals surface area contributed by atoms with Crippen LogP contribution in [-0.2, 0) is 0 Å². The number of fused-ring (bicyclic) bond motifs is 6. The van der Waals surface area contributed by atoms with E-state index in [-0.39, 0.29) is 0 Å². The van der Waals surface area contributed by atoms with Gasteiger partial charge in [-0.1, -0.05) is 473 Å². The number of para-hydroxylation sites is 4. The van der Waals surface area contributed by atoms with Gasteiger partial charge in [0.05, 0.1) is 11.6 Å². The summed E-state index contributed by atoms with van der Waals surface area (Å²) in [7, 11) is -8.25. The second-order valence-corrected chi connectivity index (χ2v) is 46.6. The molecule has 0 bridgehead atoms. The van der Waals surface area contributed by atoms with Crippen LogP contribution >= 0.6 is 11.8 Å². The third-order valence-electron chi connectivity index (χ3n) is 26.2. The molecule has 140 heavy (non-hydrogen) atoms. The first-order valence-corrected chi connectivity index (χ1v) is 53.4. The van der Waals surface area contributed by atoms with Crippen LogP contribution in [0.1, 0.15) is 5.56 Å². The number of benzene rings is 19. The van der Waals surface area contributed by atoms with Gasteiger partial charge in [0.1, 0.15) is 23.0 Å². The van der Waals surface area contributed by atoms with E-state index in [0.29, 0.717) is 63.5 Å². The van der Waals surface area contributed by atoms with Crippen LogP contribution in [0.2, 0.25) is 0 Å². The van der Waals surface area contributed by atoms with Crippen molar-refractivity contribution in [1.29, 1.82) is 5.26 Å². The van der Waals surface area contributed by atoms with Gasteiger partial charge < -0.3 is 9.47 Å². The normalized spacial score (nSPS) is 12.8.